The fourth-order valence-corrected chi connectivity index (χ4v) is 2.63. The number of ether oxygens (including phenoxy) is 2. The second kappa shape index (κ2) is 8.00. The minimum atomic E-state index is -0.583. The Bertz CT molecular complexity index is 797. The van der Waals surface area contributed by atoms with Gasteiger partial charge in [-0.15, -0.1) is 0 Å². The molecule has 2 heterocycles. The van der Waals surface area contributed by atoms with Crippen molar-refractivity contribution in [3.63, 3.8) is 0 Å². The largest absolute Gasteiger partial charge is 0.335 e. The number of hydrogen-bond donors (Lipinski definition) is 0. The van der Waals surface area contributed by atoms with Gasteiger partial charge in [0.05, 0.1) is 17.7 Å². The molecule has 1 aromatic carbocycles. The van der Waals surface area contributed by atoms with Crippen LogP contribution in [0.4, 0.5) is 4.39 Å². The molecule has 3 rings (SSSR count). The van der Waals surface area contributed by atoms with Gasteiger partial charge in [0.15, 0.2) is 0 Å². The predicted octanol–water partition coefficient (Wildman–Crippen LogP) is 4.28. The number of aromatic nitrogens is 3. The lowest BCUT2D eigenvalue weighted by atomic mass is 10.1. The van der Waals surface area contributed by atoms with Crippen LogP contribution in [0.5, 0.6) is 0 Å². The molecule has 130 valence electrons. The van der Waals surface area contributed by atoms with Gasteiger partial charge in [-0.25, -0.2) is 9.37 Å². The summed E-state index contributed by atoms with van der Waals surface area (Å²) in [6.07, 6.45) is 4.54. The van der Waals surface area contributed by atoms with E-state index in [1.165, 1.54) is 12.1 Å². The summed E-state index contributed by atoms with van der Waals surface area (Å²) in [7, 11) is 0. The highest BCUT2D eigenvalue weighted by molar-refractivity contribution is 5.78. The lowest BCUT2D eigenvalue weighted by Gasteiger charge is -2.21. The molecule has 0 amide bonds. The second-order valence-corrected chi connectivity index (χ2v) is 5.31. The Labute approximate surface area is 146 Å². The number of halogens is 1. The predicted molar refractivity (Wildman–Crippen MR) is 93.1 cm³/mol. The maximum Gasteiger partial charge on any atom is 0.245 e. The van der Waals surface area contributed by atoms with Gasteiger partial charge in [0, 0.05) is 36.7 Å². The van der Waals surface area contributed by atoms with E-state index in [9.17, 15) is 4.39 Å². The van der Waals surface area contributed by atoms with E-state index in [-0.39, 0.29) is 5.82 Å². The van der Waals surface area contributed by atoms with Crippen LogP contribution in [0.15, 0.2) is 55.1 Å². The Morgan fingerprint density at radius 2 is 1.60 bits per heavy atom. The SMILES string of the molecule is CCOC(OCC)n1cnc(-c2ccc(F)cc2)c1-c1ccncc1. The van der Waals surface area contributed by atoms with Crippen LogP contribution in [0.25, 0.3) is 22.5 Å². The smallest absolute Gasteiger partial charge is 0.245 e. The van der Waals surface area contributed by atoms with Gasteiger partial charge >= 0.3 is 0 Å². The highest BCUT2D eigenvalue weighted by Gasteiger charge is 2.21. The zero-order chi connectivity index (χ0) is 17.6. The van der Waals surface area contributed by atoms with Crippen LogP contribution in [0.3, 0.4) is 0 Å². The third-order valence-corrected chi connectivity index (χ3v) is 3.71. The number of hydrogen-bond acceptors (Lipinski definition) is 4. The summed E-state index contributed by atoms with van der Waals surface area (Å²) in [5.41, 5.74) is 3.31. The van der Waals surface area contributed by atoms with Crippen molar-refractivity contribution in [3.8, 4) is 22.5 Å². The van der Waals surface area contributed by atoms with Gasteiger partial charge in [-0.1, -0.05) is 0 Å². The molecule has 0 fully saturated rings. The van der Waals surface area contributed by atoms with Crippen LogP contribution in [-0.2, 0) is 9.47 Å². The average molecular weight is 341 g/mol. The summed E-state index contributed by atoms with van der Waals surface area (Å²) in [5, 5.41) is 0. The van der Waals surface area contributed by atoms with Crippen LogP contribution in [0, 0.1) is 5.82 Å². The first-order chi connectivity index (χ1) is 12.2. The zero-order valence-corrected chi connectivity index (χ0v) is 14.2. The highest BCUT2D eigenvalue weighted by Crippen LogP contribution is 2.33. The van der Waals surface area contributed by atoms with Gasteiger partial charge in [0.25, 0.3) is 0 Å². The van der Waals surface area contributed by atoms with Crippen molar-refractivity contribution in [2.24, 2.45) is 0 Å². The fourth-order valence-electron chi connectivity index (χ4n) is 2.63. The molecular formula is C19H20FN3O2. The Morgan fingerprint density at radius 1 is 0.960 bits per heavy atom. The quantitative estimate of drug-likeness (QED) is 0.602. The van der Waals surface area contributed by atoms with Crippen LogP contribution in [-0.4, -0.2) is 27.7 Å². The van der Waals surface area contributed by atoms with Crippen LogP contribution in [0.2, 0.25) is 0 Å². The molecule has 0 aliphatic rings. The topological polar surface area (TPSA) is 49.2 Å². The summed E-state index contributed by atoms with van der Waals surface area (Å²) in [4.78, 5) is 8.61. The summed E-state index contributed by atoms with van der Waals surface area (Å²) < 4.78 is 26.6. The minimum Gasteiger partial charge on any atom is -0.335 e. The molecule has 3 aromatic rings. The summed E-state index contributed by atoms with van der Waals surface area (Å²) >= 11 is 0. The van der Waals surface area contributed by atoms with E-state index in [0.717, 1.165) is 22.5 Å². The number of imidazole rings is 1. The van der Waals surface area contributed by atoms with E-state index < -0.39 is 6.41 Å². The monoisotopic (exact) mass is 341 g/mol. The first-order valence-electron chi connectivity index (χ1n) is 8.21. The molecule has 0 radical (unpaired) electrons. The van der Waals surface area contributed by atoms with Gasteiger partial charge in [-0.2, -0.15) is 0 Å². The molecule has 25 heavy (non-hydrogen) atoms. The number of rotatable bonds is 7. The summed E-state index contributed by atoms with van der Waals surface area (Å²) in [5.74, 6) is -0.282. The molecule has 0 atom stereocenters. The zero-order valence-electron chi connectivity index (χ0n) is 14.2. The molecule has 2 aromatic heterocycles. The van der Waals surface area contributed by atoms with Gasteiger partial charge < -0.3 is 9.47 Å². The summed E-state index contributed by atoms with van der Waals surface area (Å²) in [6, 6.07) is 10.1. The first-order valence-corrected chi connectivity index (χ1v) is 8.21. The van der Waals surface area contributed by atoms with Crippen molar-refractivity contribution in [3.05, 3.63) is 60.9 Å². The molecule has 0 unspecified atom stereocenters. The second-order valence-electron chi connectivity index (χ2n) is 5.31. The molecule has 0 aliphatic heterocycles. The standard InChI is InChI=1S/C19H20FN3O2/c1-3-24-19(25-4-2)23-13-22-17(14-5-7-16(20)8-6-14)18(23)15-9-11-21-12-10-15/h5-13,19H,3-4H2,1-2H3. The van der Waals surface area contributed by atoms with Crippen molar-refractivity contribution in [1.29, 1.82) is 0 Å². The Hall–Kier alpha value is -2.57. The summed E-state index contributed by atoms with van der Waals surface area (Å²) in [6.45, 7) is 4.83. The Balaban J connectivity index is 2.14. The van der Waals surface area contributed by atoms with Gasteiger partial charge in [-0.05, 0) is 50.2 Å². The van der Waals surface area contributed by atoms with Crippen LogP contribution in [0.1, 0.15) is 20.3 Å². The number of benzene rings is 1. The lowest BCUT2D eigenvalue weighted by Crippen LogP contribution is -2.17. The first kappa shape index (κ1) is 17.3. The molecule has 0 bridgehead atoms. The molecule has 0 N–H and O–H groups in total. The molecule has 6 heteroatoms. The molecular weight excluding hydrogens is 321 g/mol. The van der Waals surface area contributed by atoms with Crippen molar-refractivity contribution >= 4 is 0 Å². The van der Waals surface area contributed by atoms with Gasteiger partial charge in [-0.3, -0.25) is 9.55 Å². The highest BCUT2D eigenvalue weighted by atomic mass is 19.1. The molecule has 0 saturated carbocycles. The Morgan fingerprint density at radius 3 is 2.20 bits per heavy atom. The van der Waals surface area contributed by atoms with Crippen LogP contribution < -0.4 is 0 Å². The van der Waals surface area contributed by atoms with Crippen molar-refractivity contribution in [2.45, 2.75) is 20.3 Å². The maximum atomic E-state index is 13.3. The van der Waals surface area contributed by atoms with Crippen LogP contribution >= 0.6 is 0 Å². The van der Waals surface area contributed by atoms with E-state index >= 15 is 0 Å². The van der Waals surface area contributed by atoms with E-state index in [0.29, 0.717) is 13.2 Å². The normalized spacial score (nSPS) is 11.2. The fraction of sp³-hybridized carbons (Fsp3) is 0.263. The van der Waals surface area contributed by atoms with Gasteiger partial charge in [0.2, 0.25) is 6.41 Å². The van der Waals surface area contributed by atoms with E-state index in [4.69, 9.17) is 9.47 Å². The average Bonchev–Trinajstić information content (AvgIpc) is 3.08. The molecule has 5 nitrogen and oxygen atoms in total. The van der Waals surface area contributed by atoms with Gasteiger partial charge in [0.1, 0.15) is 5.82 Å². The van der Waals surface area contributed by atoms with Crippen molar-refractivity contribution < 1.29 is 13.9 Å². The maximum absolute atomic E-state index is 13.3. The van der Waals surface area contributed by atoms with E-state index in [1.807, 2.05) is 30.5 Å². The van der Waals surface area contributed by atoms with Crippen molar-refractivity contribution in [1.82, 2.24) is 14.5 Å². The third-order valence-electron chi connectivity index (χ3n) is 3.71. The minimum absolute atomic E-state index is 0.282. The number of pyridine rings is 1. The molecule has 0 spiro atoms. The third kappa shape index (κ3) is 3.75. The number of nitrogens with zero attached hydrogens (tertiary/aromatic N) is 3. The molecule has 0 aliphatic carbocycles. The van der Waals surface area contributed by atoms with Crippen molar-refractivity contribution in [2.75, 3.05) is 13.2 Å². The lowest BCUT2D eigenvalue weighted by molar-refractivity contribution is -0.185. The van der Waals surface area contributed by atoms with E-state index in [1.54, 1.807) is 30.9 Å². The van der Waals surface area contributed by atoms with E-state index in [2.05, 4.69) is 9.97 Å². The molecule has 0 saturated heterocycles. The Kier molecular flexibility index (Phi) is 5.53.